The standard InChI is InChI=1S/C26H35N3O4/c1-26(2,3)33-25(30)29-12-10-21(29)18-31-24-14-20(16-28-17-24)6-7-22-8-9-23(32-22)13-19-5-4-11-27-15-19/h4-5,11,14-17,21-23H,6-10,12-13,18H2,1-3H3. The molecule has 2 aromatic heterocycles. The van der Waals surface area contributed by atoms with E-state index in [1.807, 2.05) is 45.3 Å². The van der Waals surface area contributed by atoms with Gasteiger partial charge in [-0.3, -0.25) is 9.97 Å². The van der Waals surface area contributed by atoms with Crippen LogP contribution in [0.1, 0.15) is 57.6 Å². The fourth-order valence-electron chi connectivity index (χ4n) is 4.30. The number of nitrogens with zero attached hydrogens (tertiary/aromatic N) is 3. The highest BCUT2D eigenvalue weighted by Crippen LogP contribution is 2.27. The molecule has 2 saturated heterocycles. The number of carbonyl (C=O) groups is 1. The van der Waals surface area contributed by atoms with Gasteiger partial charge in [0.2, 0.25) is 0 Å². The third-order valence-corrected chi connectivity index (χ3v) is 6.12. The fraction of sp³-hybridized carbons (Fsp3) is 0.577. The molecule has 2 aliphatic heterocycles. The highest BCUT2D eigenvalue weighted by atomic mass is 16.6. The molecule has 0 aliphatic carbocycles. The van der Waals surface area contributed by atoms with Crippen molar-refractivity contribution in [1.82, 2.24) is 14.9 Å². The molecule has 7 heteroatoms. The second-order valence-electron chi connectivity index (χ2n) is 10.0. The molecule has 33 heavy (non-hydrogen) atoms. The van der Waals surface area contributed by atoms with Crippen LogP contribution in [0.4, 0.5) is 4.79 Å². The SMILES string of the molecule is CC(C)(C)OC(=O)N1CCC1COc1cncc(CCC2CCC(Cc3cccnc3)O2)c1. The van der Waals surface area contributed by atoms with Crippen LogP contribution in [-0.2, 0) is 22.3 Å². The van der Waals surface area contributed by atoms with Gasteiger partial charge in [-0.25, -0.2) is 4.79 Å². The summed E-state index contributed by atoms with van der Waals surface area (Å²) in [6.07, 6.45) is 13.6. The zero-order valence-electron chi connectivity index (χ0n) is 19.9. The Hall–Kier alpha value is -2.67. The van der Waals surface area contributed by atoms with E-state index in [4.69, 9.17) is 14.2 Å². The van der Waals surface area contributed by atoms with Crippen molar-refractivity contribution < 1.29 is 19.0 Å². The Kier molecular flexibility index (Phi) is 7.48. The minimum absolute atomic E-state index is 0.0483. The first-order valence-corrected chi connectivity index (χ1v) is 12.0. The maximum Gasteiger partial charge on any atom is 0.410 e. The van der Waals surface area contributed by atoms with Crippen LogP contribution in [0.2, 0.25) is 0 Å². The Morgan fingerprint density at radius 3 is 2.67 bits per heavy atom. The molecule has 3 atom stereocenters. The Morgan fingerprint density at radius 2 is 1.94 bits per heavy atom. The molecule has 0 radical (unpaired) electrons. The van der Waals surface area contributed by atoms with Crippen molar-refractivity contribution in [2.45, 2.75) is 83.1 Å². The molecule has 0 aromatic carbocycles. The lowest BCUT2D eigenvalue weighted by molar-refractivity contribution is -0.0141. The highest BCUT2D eigenvalue weighted by Gasteiger charge is 2.35. The molecule has 3 unspecified atom stereocenters. The van der Waals surface area contributed by atoms with E-state index in [1.165, 1.54) is 5.56 Å². The van der Waals surface area contributed by atoms with Crippen LogP contribution >= 0.6 is 0 Å². The minimum atomic E-state index is -0.488. The van der Waals surface area contributed by atoms with Gasteiger partial charge in [0.1, 0.15) is 18.0 Å². The minimum Gasteiger partial charge on any atom is -0.490 e. The molecule has 178 valence electrons. The predicted molar refractivity (Wildman–Crippen MR) is 125 cm³/mol. The van der Waals surface area contributed by atoms with Gasteiger partial charge in [0.25, 0.3) is 0 Å². The number of aryl methyl sites for hydroxylation is 1. The summed E-state index contributed by atoms with van der Waals surface area (Å²) in [4.78, 5) is 22.6. The van der Waals surface area contributed by atoms with Crippen LogP contribution in [0.25, 0.3) is 0 Å². The van der Waals surface area contributed by atoms with Crippen molar-refractivity contribution in [3.63, 3.8) is 0 Å². The Bertz CT molecular complexity index is 915. The number of likely N-dealkylation sites (tertiary alicyclic amines) is 1. The van der Waals surface area contributed by atoms with Crippen molar-refractivity contribution in [2.24, 2.45) is 0 Å². The first-order valence-electron chi connectivity index (χ1n) is 12.0. The van der Waals surface area contributed by atoms with Crippen molar-refractivity contribution in [2.75, 3.05) is 13.2 Å². The first-order chi connectivity index (χ1) is 15.9. The molecule has 4 heterocycles. The lowest BCUT2D eigenvalue weighted by atomic mass is 10.0. The van der Waals surface area contributed by atoms with Crippen LogP contribution in [0.15, 0.2) is 43.0 Å². The average Bonchev–Trinajstić information content (AvgIpc) is 3.18. The van der Waals surface area contributed by atoms with Crippen molar-refractivity contribution in [1.29, 1.82) is 0 Å². The topological polar surface area (TPSA) is 73.8 Å². The van der Waals surface area contributed by atoms with E-state index < -0.39 is 5.60 Å². The monoisotopic (exact) mass is 453 g/mol. The average molecular weight is 454 g/mol. The summed E-state index contributed by atoms with van der Waals surface area (Å²) in [7, 11) is 0. The van der Waals surface area contributed by atoms with E-state index in [0.29, 0.717) is 13.2 Å². The van der Waals surface area contributed by atoms with Gasteiger partial charge in [-0.15, -0.1) is 0 Å². The third kappa shape index (κ3) is 6.90. The van der Waals surface area contributed by atoms with Gasteiger partial charge >= 0.3 is 6.09 Å². The number of ether oxygens (including phenoxy) is 3. The third-order valence-electron chi connectivity index (χ3n) is 6.12. The lowest BCUT2D eigenvalue weighted by Gasteiger charge is -2.40. The Morgan fingerprint density at radius 1 is 1.12 bits per heavy atom. The molecule has 2 aliphatic rings. The summed E-state index contributed by atoms with van der Waals surface area (Å²) in [6, 6.07) is 6.18. The fourth-order valence-corrected chi connectivity index (χ4v) is 4.30. The van der Waals surface area contributed by atoms with Gasteiger partial charge in [-0.1, -0.05) is 6.07 Å². The number of aromatic nitrogens is 2. The number of rotatable bonds is 8. The molecule has 2 aromatic rings. The van der Waals surface area contributed by atoms with Crippen LogP contribution in [0.5, 0.6) is 5.75 Å². The molecule has 0 N–H and O–H groups in total. The maximum absolute atomic E-state index is 12.3. The normalized spacial score (nSPS) is 22.6. The van der Waals surface area contributed by atoms with Gasteiger partial charge in [-0.2, -0.15) is 0 Å². The summed E-state index contributed by atoms with van der Waals surface area (Å²) in [5, 5.41) is 0. The van der Waals surface area contributed by atoms with Crippen LogP contribution < -0.4 is 4.74 Å². The van der Waals surface area contributed by atoms with Gasteiger partial charge in [-0.05, 0) is 76.1 Å². The summed E-state index contributed by atoms with van der Waals surface area (Å²) in [6.45, 7) is 6.80. The van der Waals surface area contributed by atoms with Crippen molar-refractivity contribution in [3.05, 3.63) is 54.1 Å². The molecular weight excluding hydrogens is 418 g/mol. The predicted octanol–water partition coefficient (Wildman–Crippen LogP) is 4.59. The van der Waals surface area contributed by atoms with Gasteiger partial charge in [0.05, 0.1) is 24.4 Å². The maximum atomic E-state index is 12.3. The van der Waals surface area contributed by atoms with E-state index >= 15 is 0 Å². The van der Waals surface area contributed by atoms with E-state index in [0.717, 1.165) is 49.8 Å². The van der Waals surface area contributed by atoms with Crippen LogP contribution in [0.3, 0.4) is 0 Å². The smallest absolute Gasteiger partial charge is 0.410 e. The van der Waals surface area contributed by atoms with Gasteiger partial charge in [0.15, 0.2) is 0 Å². The van der Waals surface area contributed by atoms with Crippen LogP contribution in [-0.4, -0.2) is 58.0 Å². The first kappa shape index (κ1) is 23.5. The number of amides is 1. The number of carbonyl (C=O) groups excluding carboxylic acids is 1. The molecule has 7 nitrogen and oxygen atoms in total. The zero-order valence-corrected chi connectivity index (χ0v) is 19.9. The van der Waals surface area contributed by atoms with E-state index in [9.17, 15) is 4.79 Å². The molecule has 1 amide bonds. The van der Waals surface area contributed by atoms with Gasteiger partial charge in [0, 0.05) is 31.6 Å². The molecule has 0 spiro atoms. The Balaban J connectivity index is 1.20. The van der Waals surface area contributed by atoms with Gasteiger partial charge < -0.3 is 19.1 Å². The van der Waals surface area contributed by atoms with Crippen molar-refractivity contribution in [3.8, 4) is 5.75 Å². The van der Waals surface area contributed by atoms with E-state index in [-0.39, 0.29) is 24.3 Å². The molecule has 2 fully saturated rings. The second-order valence-corrected chi connectivity index (χ2v) is 10.0. The van der Waals surface area contributed by atoms with E-state index in [2.05, 4.69) is 16.0 Å². The highest BCUT2D eigenvalue weighted by molar-refractivity contribution is 5.69. The molecule has 0 bridgehead atoms. The van der Waals surface area contributed by atoms with Crippen molar-refractivity contribution >= 4 is 6.09 Å². The molecule has 0 saturated carbocycles. The quantitative estimate of drug-likeness (QED) is 0.582. The largest absolute Gasteiger partial charge is 0.490 e. The summed E-state index contributed by atoms with van der Waals surface area (Å²) >= 11 is 0. The number of pyridine rings is 2. The number of hydrogen-bond donors (Lipinski definition) is 0. The number of hydrogen-bond acceptors (Lipinski definition) is 6. The molecule has 4 rings (SSSR count). The summed E-state index contributed by atoms with van der Waals surface area (Å²) in [5.41, 5.74) is 1.89. The lowest BCUT2D eigenvalue weighted by Crippen LogP contribution is -2.55. The zero-order chi connectivity index (χ0) is 23.3. The molecular formula is C26H35N3O4. The summed E-state index contributed by atoms with van der Waals surface area (Å²) in [5.74, 6) is 0.741. The van der Waals surface area contributed by atoms with E-state index in [1.54, 1.807) is 17.3 Å². The second kappa shape index (κ2) is 10.5. The Labute approximate surface area is 196 Å². The van der Waals surface area contributed by atoms with Crippen LogP contribution in [0, 0.1) is 0 Å². The summed E-state index contributed by atoms with van der Waals surface area (Å²) < 4.78 is 17.7.